The summed E-state index contributed by atoms with van der Waals surface area (Å²) in [6.45, 7) is 7.62. The maximum absolute atomic E-state index is 10.4. The van der Waals surface area contributed by atoms with Crippen LogP contribution in [0, 0.1) is 0 Å². The predicted molar refractivity (Wildman–Crippen MR) is 69.8 cm³/mol. The van der Waals surface area contributed by atoms with Crippen LogP contribution in [0.4, 0.5) is 0 Å². The molecule has 0 bridgehead atoms. The summed E-state index contributed by atoms with van der Waals surface area (Å²) < 4.78 is 0. The molecule has 3 N–H and O–H groups in total. The van der Waals surface area contributed by atoms with Gasteiger partial charge in [0.25, 0.3) is 0 Å². The summed E-state index contributed by atoms with van der Waals surface area (Å²) in [7, 11) is 1.74. The van der Waals surface area contributed by atoms with Gasteiger partial charge in [-0.1, -0.05) is 26.7 Å². The fourth-order valence-corrected chi connectivity index (χ4v) is 1.87. The molecule has 4 nitrogen and oxygen atoms in total. The van der Waals surface area contributed by atoms with Crippen LogP contribution < -0.4 is 10.6 Å². The first-order valence-electron chi connectivity index (χ1n) is 6.28. The molecule has 96 valence electrons. The lowest BCUT2D eigenvalue weighted by Gasteiger charge is -2.28. The van der Waals surface area contributed by atoms with Gasteiger partial charge in [0.1, 0.15) is 0 Å². The van der Waals surface area contributed by atoms with Gasteiger partial charge in [0.15, 0.2) is 5.96 Å². The van der Waals surface area contributed by atoms with E-state index in [9.17, 15) is 5.11 Å². The first-order chi connectivity index (χ1) is 7.61. The quantitative estimate of drug-likeness (QED) is 0.458. The number of hydrogen-bond acceptors (Lipinski definition) is 2. The van der Waals surface area contributed by atoms with Gasteiger partial charge in [-0.05, 0) is 19.8 Å². The van der Waals surface area contributed by atoms with Crippen LogP contribution in [0.25, 0.3) is 0 Å². The molecule has 0 saturated carbocycles. The van der Waals surface area contributed by atoms with Crippen LogP contribution in [0.2, 0.25) is 0 Å². The molecule has 0 saturated heterocycles. The Morgan fingerprint density at radius 1 is 1.12 bits per heavy atom. The van der Waals surface area contributed by atoms with E-state index in [0.717, 1.165) is 38.2 Å². The van der Waals surface area contributed by atoms with Gasteiger partial charge in [-0.15, -0.1) is 0 Å². The molecule has 0 aromatic heterocycles. The van der Waals surface area contributed by atoms with Crippen molar-refractivity contribution >= 4 is 5.96 Å². The van der Waals surface area contributed by atoms with Crippen LogP contribution in [0.5, 0.6) is 0 Å². The summed E-state index contributed by atoms with van der Waals surface area (Å²) >= 11 is 0. The number of nitrogens with zero attached hydrogens (tertiary/aromatic N) is 1. The van der Waals surface area contributed by atoms with Gasteiger partial charge in [0.05, 0.1) is 5.60 Å². The Bertz CT molecular complexity index is 198. The molecule has 16 heavy (non-hydrogen) atoms. The summed E-state index contributed by atoms with van der Waals surface area (Å²) in [6.07, 6.45) is 3.66. The number of aliphatic imine (C=N–C) groups is 1. The number of guanidine groups is 1. The monoisotopic (exact) mass is 229 g/mol. The zero-order valence-electron chi connectivity index (χ0n) is 11.1. The number of nitrogens with one attached hydrogen (secondary N) is 2. The summed E-state index contributed by atoms with van der Waals surface area (Å²) in [5, 5.41) is 16.7. The van der Waals surface area contributed by atoms with Gasteiger partial charge in [0, 0.05) is 20.1 Å². The van der Waals surface area contributed by atoms with Crippen LogP contribution in [0.1, 0.15) is 46.5 Å². The van der Waals surface area contributed by atoms with Crippen molar-refractivity contribution in [3.8, 4) is 0 Å². The van der Waals surface area contributed by atoms with Gasteiger partial charge >= 0.3 is 0 Å². The van der Waals surface area contributed by atoms with E-state index in [4.69, 9.17) is 0 Å². The molecule has 0 aliphatic rings. The molecule has 0 spiro atoms. The molecule has 0 aliphatic heterocycles. The molecule has 0 radical (unpaired) electrons. The Balaban J connectivity index is 4.19. The van der Waals surface area contributed by atoms with E-state index in [-0.39, 0.29) is 0 Å². The highest BCUT2D eigenvalue weighted by Gasteiger charge is 2.24. The third kappa shape index (κ3) is 5.95. The van der Waals surface area contributed by atoms with Gasteiger partial charge in [0.2, 0.25) is 0 Å². The lowest BCUT2D eigenvalue weighted by molar-refractivity contribution is 0.0257. The van der Waals surface area contributed by atoms with Crippen molar-refractivity contribution in [1.82, 2.24) is 10.6 Å². The first kappa shape index (κ1) is 15.2. The maximum Gasteiger partial charge on any atom is 0.191 e. The van der Waals surface area contributed by atoms with E-state index in [0.29, 0.717) is 6.54 Å². The molecular weight excluding hydrogens is 202 g/mol. The van der Waals surface area contributed by atoms with Gasteiger partial charge < -0.3 is 15.7 Å². The molecule has 0 amide bonds. The van der Waals surface area contributed by atoms with Gasteiger partial charge in [-0.2, -0.15) is 0 Å². The normalized spacial score (nSPS) is 12.7. The van der Waals surface area contributed by atoms with Crippen molar-refractivity contribution in [2.45, 2.75) is 52.1 Å². The summed E-state index contributed by atoms with van der Waals surface area (Å²) in [4.78, 5) is 4.08. The van der Waals surface area contributed by atoms with Crippen LogP contribution in [-0.4, -0.2) is 36.8 Å². The van der Waals surface area contributed by atoms with E-state index >= 15 is 0 Å². The number of aliphatic hydroxyl groups is 1. The summed E-state index contributed by atoms with van der Waals surface area (Å²) in [5.74, 6) is 0.758. The lowest BCUT2D eigenvalue weighted by Crippen LogP contribution is -2.47. The third-order valence-electron chi connectivity index (χ3n) is 2.58. The van der Waals surface area contributed by atoms with Crippen molar-refractivity contribution in [3.05, 3.63) is 0 Å². The summed E-state index contributed by atoms with van der Waals surface area (Å²) in [5.41, 5.74) is -0.602. The molecular formula is C12H27N3O. The number of hydrogen-bond donors (Lipinski definition) is 3. The molecule has 0 aromatic rings. The second-order valence-electron chi connectivity index (χ2n) is 4.18. The van der Waals surface area contributed by atoms with Gasteiger partial charge in [-0.25, -0.2) is 0 Å². The maximum atomic E-state index is 10.4. The Morgan fingerprint density at radius 3 is 2.06 bits per heavy atom. The van der Waals surface area contributed by atoms with Crippen molar-refractivity contribution in [1.29, 1.82) is 0 Å². The second-order valence-corrected chi connectivity index (χ2v) is 4.18. The average Bonchev–Trinajstić information content (AvgIpc) is 2.25. The van der Waals surface area contributed by atoms with E-state index in [2.05, 4.69) is 29.5 Å². The van der Waals surface area contributed by atoms with E-state index in [1.54, 1.807) is 7.05 Å². The summed E-state index contributed by atoms with van der Waals surface area (Å²) in [6, 6.07) is 0. The molecule has 0 fully saturated rings. The minimum atomic E-state index is -0.602. The molecule has 0 heterocycles. The fraction of sp³-hybridized carbons (Fsp3) is 0.917. The molecule has 0 aromatic carbocycles. The van der Waals surface area contributed by atoms with E-state index < -0.39 is 5.60 Å². The van der Waals surface area contributed by atoms with Crippen LogP contribution in [-0.2, 0) is 0 Å². The van der Waals surface area contributed by atoms with Gasteiger partial charge in [-0.3, -0.25) is 4.99 Å². The van der Waals surface area contributed by atoms with Crippen LogP contribution in [0.15, 0.2) is 4.99 Å². The molecule has 4 heteroatoms. The highest BCUT2D eigenvalue weighted by Crippen LogP contribution is 2.18. The highest BCUT2D eigenvalue weighted by molar-refractivity contribution is 5.79. The standard InChI is InChI=1S/C12H27N3O/c1-5-8-12(16,9-6-2)10-15-11(13-4)14-7-3/h16H,5-10H2,1-4H3,(H2,13,14,15). The molecule has 0 aliphatic carbocycles. The predicted octanol–water partition coefficient (Wildman–Crippen LogP) is 1.50. The fourth-order valence-electron chi connectivity index (χ4n) is 1.87. The Hall–Kier alpha value is -0.770. The van der Waals surface area contributed by atoms with Crippen molar-refractivity contribution in [3.63, 3.8) is 0 Å². The largest absolute Gasteiger partial charge is 0.388 e. The minimum absolute atomic E-state index is 0.564. The zero-order valence-corrected chi connectivity index (χ0v) is 11.1. The van der Waals surface area contributed by atoms with Crippen molar-refractivity contribution in [2.75, 3.05) is 20.1 Å². The third-order valence-corrected chi connectivity index (χ3v) is 2.58. The van der Waals surface area contributed by atoms with Crippen molar-refractivity contribution < 1.29 is 5.11 Å². The molecule has 0 rings (SSSR count). The minimum Gasteiger partial charge on any atom is -0.388 e. The molecule has 0 atom stereocenters. The average molecular weight is 229 g/mol. The topological polar surface area (TPSA) is 56.6 Å². The number of rotatable bonds is 7. The first-order valence-corrected chi connectivity index (χ1v) is 6.28. The Morgan fingerprint density at radius 2 is 1.69 bits per heavy atom. The highest BCUT2D eigenvalue weighted by atomic mass is 16.3. The van der Waals surface area contributed by atoms with Crippen LogP contribution in [0.3, 0.4) is 0 Å². The van der Waals surface area contributed by atoms with Crippen molar-refractivity contribution in [2.24, 2.45) is 4.99 Å². The Kier molecular flexibility index (Phi) is 7.99. The Labute approximate surface area is 99.5 Å². The van der Waals surface area contributed by atoms with E-state index in [1.165, 1.54) is 0 Å². The van der Waals surface area contributed by atoms with Crippen LogP contribution >= 0.6 is 0 Å². The smallest absolute Gasteiger partial charge is 0.191 e. The second kappa shape index (κ2) is 8.39. The SMILES string of the molecule is CCCC(O)(CCC)CNC(=NC)NCC. The lowest BCUT2D eigenvalue weighted by atomic mass is 9.93. The molecule has 0 unspecified atom stereocenters. The van der Waals surface area contributed by atoms with E-state index in [1.807, 2.05) is 6.92 Å². The zero-order chi connectivity index (χ0) is 12.4.